The number of thiazole rings is 1. The molecule has 0 aliphatic carbocycles. The molecule has 1 aromatic heterocycles. The fourth-order valence-corrected chi connectivity index (χ4v) is 2.93. The van der Waals surface area contributed by atoms with Crippen LogP contribution in [0.15, 0.2) is 29.6 Å². The third-order valence-corrected chi connectivity index (χ3v) is 4.52. The first-order chi connectivity index (χ1) is 10.5. The van der Waals surface area contributed by atoms with Crippen LogP contribution < -0.4 is 10.2 Å². The highest BCUT2D eigenvalue weighted by atomic mass is 35.5. The smallest absolute Gasteiger partial charge is 0.222 e. The van der Waals surface area contributed by atoms with E-state index in [1.165, 1.54) is 0 Å². The van der Waals surface area contributed by atoms with Gasteiger partial charge in [-0.2, -0.15) is 0 Å². The molecule has 1 amide bonds. The Hall–Kier alpha value is -1.59. The van der Waals surface area contributed by atoms with Crippen LogP contribution in [0, 0.1) is 5.92 Å². The van der Waals surface area contributed by atoms with Crippen LogP contribution >= 0.6 is 22.9 Å². The van der Waals surface area contributed by atoms with E-state index in [4.69, 9.17) is 11.6 Å². The Morgan fingerprint density at radius 3 is 2.82 bits per heavy atom. The summed E-state index contributed by atoms with van der Waals surface area (Å²) < 4.78 is 0. The molecule has 22 heavy (non-hydrogen) atoms. The quantitative estimate of drug-likeness (QED) is 0.874. The van der Waals surface area contributed by atoms with Crippen molar-refractivity contribution in [2.75, 3.05) is 25.0 Å². The van der Waals surface area contributed by atoms with Gasteiger partial charge in [0.15, 0.2) is 5.13 Å². The maximum atomic E-state index is 11.5. The number of aromatic nitrogens is 1. The van der Waals surface area contributed by atoms with E-state index in [9.17, 15) is 4.79 Å². The number of halogens is 1. The maximum absolute atomic E-state index is 11.5. The van der Waals surface area contributed by atoms with Crippen molar-refractivity contribution in [2.24, 2.45) is 5.92 Å². The number of rotatable bonds is 6. The first-order valence-electron chi connectivity index (χ1n) is 7.18. The molecule has 1 N–H and O–H groups in total. The number of anilines is 1. The maximum Gasteiger partial charge on any atom is 0.222 e. The predicted molar refractivity (Wildman–Crippen MR) is 93.7 cm³/mol. The number of nitrogens with one attached hydrogen (secondary N) is 1. The summed E-state index contributed by atoms with van der Waals surface area (Å²) in [5.41, 5.74) is 1.82. The summed E-state index contributed by atoms with van der Waals surface area (Å²) >= 11 is 7.77. The van der Waals surface area contributed by atoms with Gasteiger partial charge in [-0.25, -0.2) is 4.98 Å². The van der Waals surface area contributed by atoms with Crippen molar-refractivity contribution in [1.82, 2.24) is 10.3 Å². The molecule has 0 radical (unpaired) electrons. The number of carbonyl (C=O) groups is 1. The van der Waals surface area contributed by atoms with Crippen LogP contribution in [-0.2, 0) is 4.79 Å². The lowest BCUT2D eigenvalue weighted by atomic mass is 10.2. The van der Waals surface area contributed by atoms with Crippen LogP contribution in [0.5, 0.6) is 0 Å². The van der Waals surface area contributed by atoms with Crippen LogP contribution in [0.2, 0.25) is 5.02 Å². The van der Waals surface area contributed by atoms with E-state index < -0.39 is 0 Å². The van der Waals surface area contributed by atoms with E-state index in [0.29, 0.717) is 18.1 Å². The lowest BCUT2D eigenvalue weighted by Gasteiger charge is -2.16. The summed E-state index contributed by atoms with van der Waals surface area (Å²) in [6.07, 6.45) is 0. The highest BCUT2D eigenvalue weighted by molar-refractivity contribution is 7.14. The number of benzene rings is 1. The molecule has 4 nitrogen and oxygen atoms in total. The second-order valence-electron chi connectivity index (χ2n) is 5.36. The molecule has 1 aromatic carbocycles. The molecular weight excluding hydrogens is 318 g/mol. The van der Waals surface area contributed by atoms with Crippen LogP contribution in [0.4, 0.5) is 5.13 Å². The normalized spacial score (nSPS) is 10.8. The summed E-state index contributed by atoms with van der Waals surface area (Å²) in [5.74, 6) is 0.0845. The Morgan fingerprint density at radius 1 is 1.41 bits per heavy atom. The highest BCUT2D eigenvalue weighted by Crippen LogP contribution is 2.31. The molecule has 6 heteroatoms. The minimum absolute atomic E-state index is 0.0111. The van der Waals surface area contributed by atoms with E-state index in [0.717, 1.165) is 16.4 Å². The van der Waals surface area contributed by atoms with Gasteiger partial charge in [-0.05, 0) is 6.07 Å². The standard InChI is InChI=1S/C16H20ClN3OS/c1-11(2)15(21)18-8-9-20(3)16-19-14(10-22-16)12-6-4-5-7-13(12)17/h4-7,10-11H,8-9H2,1-3H3,(H,18,21). The third kappa shape index (κ3) is 4.21. The van der Waals surface area contributed by atoms with E-state index in [2.05, 4.69) is 10.3 Å². The number of carbonyl (C=O) groups excluding carboxylic acids is 1. The zero-order chi connectivity index (χ0) is 16.1. The second kappa shape index (κ2) is 7.61. The molecular formula is C16H20ClN3OS. The van der Waals surface area contributed by atoms with Crippen LogP contribution in [0.3, 0.4) is 0 Å². The number of amides is 1. The summed E-state index contributed by atoms with van der Waals surface area (Å²) in [7, 11) is 1.97. The van der Waals surface area contributed by atoms with E-state index >= 15 is 0 Å². The Labute approximate surface area is 140 Å². The SMILES string of the molecule is CC(C)C(=O)NCCN(C)c1nc(-c2ccccc2Cl)cs1. The monoisotopic (exact) mass is 337 g/mol. The average molecular weight is 338 g/mol. The molecule has 0 spiro atoms. The topological polar surface area (TPSA) is 45.2 Å². The van der Waals surface area contributed by atoms with Gasteiger partial charge in [0.1, 0.15) is 0 Å². The number of nitrogens with zero attached hydrogens (tertiary/aromatic N) is 2. The van der Waals surface area contributed by atoms with Crippen molar-refractivity contribution in [3.8, 4) is 11.3 Å². The van der Waals surface area contributed by atoms with Gasteiger partial charge >= 0.3 is 0 Å². The Kier molecular flexibility index (Phi) is 5.80. The van der Waals surface area contributed by atoms with Gasteiger partial charge in [-0.3, -0.25) is 4.79 Å². The van der Waals surface area contributed by atoms with Crippen LogP contribution in [-0.4, -0.2) is 31.0 Å². The number of hydrogen-bond donors (Lipinski definition) is 1. The third-order valence-electron chi connectivity index (χ3n) is 3.24. The molecule has 0 unspecified atom stereocenters. The predicted octanol–water partition coefficient (Wildman–Crippen LogP) is 3.67. The van der Waals surface area contributed by atoms with E-state index in [1.54, 1.807) is 11.3 Å². The zero-order valence-corrected chi connectivity index (χ0v) is 14.5. The summed E-state index contributed by atoms with van der Waals surface area (Å²) in [6.45, 7) is 5.09. The second-order valence-corrected chi connectivity index (χ2v) is 6.61. The molecule has 0 atom stereocenters. The van der Waals surface area contributed by atoms with E-state index in [1.807, 2.05) is 55.4 Å². The summed E-state index contributed by atoms with van der Waals surface area (Å²) in [5, 5.41) is 6.52. The number of likely N-dealkylation sites (N-methyl/N-ethyl adjacent to an activating group) is 1. The molecule has 0 saturated carbocycles. The van der Waals surface area contributed by atoms with Crippen LogP contribution in [0.1, 0.15) is 13.8 Å². The van der Waals surface area contributed by atoms with E-state index in [-0.39, 0.29) is 11.8 Å². The van der Waals surface area contributed by atoms with Gasteiger partial charge in [0.2, 0.25) is 5.91 Å². The fraction of sp³-hybridized carbons (Fsp3) is 0.375. The molecule has 0 bridgehead atoms. The largest absolute Gasteiger partial charge is 0.354 e. The van der Waals surface area contributed by atoms with Crippen molar-refractivity contribution in [3.05, 3.63) is 34.7 Å². The molecule has 1 heterocycles. The highest BCUT2D eigenvalue weighted by Gasteiger charge is 2.11. The van der Waals surface area contributed by atoms with Crippen molar-refractivity contribution < 1.29 is 4.79 Å². The Balaban J connectivity index is 1.96. The van der Waals surface area contributed by atoms with Gasteiger partial charge in [0.05, 0.1) is 5.69 Å². The van der Waals surface area contributed by atoms with Gasteiger partial charge in [-0.1, -0.05) is 43.6 Å². The van der Waals surface area contributed by atoms with Gasteiger partial charge in [-0.15, -0.1) is 11.3 Å². The molecule has 2 rings (SSSR count). The lowest BCUT2D eigenvalue weighted by Crippen LogP contribution is -2.35. The zero-order valence-electron chi connectivity index (χ0n) is 13.0. The molecule has 2 aromatic rings. The minimum atomic E-state index is 0.0111. The van der Waals surface area contributed by atoms with Crippen molar-refractivity contribution in [1.29, 1.82) is 0 Å². The van der Waals surface area contributed by atoms with Gasteiger partial charge in [0.25, 0.3) is 0 Å². The average Bonchev–Trinajstić information content (AvgIpc) is 2.97. The van der Waals surface area contributed by atoms with Crippen LogP contribution in [0.25, 0.3) is 11.3 Å². The molecule has 0 aliphatic heterocycles. The van der Waals surface area contributed by atoms with Crippen molar-refractivity contribution in [3.63, 3.8) is 0 Å². The fourth-order valence-electron chi connectivity index (χ4n) is 1.88. The molecule has 0 aliphatic rings. The Morgan fingerprint density at radius 2 is 2.14 bits per heavy atom. The van der Waals surface area contributed by atoms with Crippen molar-refractivity contribution in [2.45, 2.75) is 13.8 Å². The minimum Gasteiger partial charge on any atom is -0.354 e. The first-order valence-corrected chi connectivity index (χ1v) is 8.44. The summed E-state index contributed by atoms with van der Waals surface area (Å²) in [4.78, 5) is 18.2. The molecule has 0 saturated heterocycles. The summed E-state index contributed by atoms with van der Waals surface area (Å²) in [6, 6.07) is 7.68. The molecule has 0 fully saturated rings. The lowest BCUT2D eigenvalue weighted by molar-refractivity contribution is -0.123. The van der Waals surface area contributed by atoms with Gasteiger partial charge in [0, 0.05) is 42.0 Å². The van der Waals surface area contributed by atoms with Crippen molar-refractivity contribution >= 4 is 34.0 Å². The Bertz CT molecular complexity index is 642. The number of hydrogen-bond acceptors (Lipinski definition) is 4. The molecule has 118 valence electrons. The first kappa shape index (κ1) is 16.8. The van der Waals surface area contributed by atoms with Gasteiger partial charge < -0.3 is 10.2 Å².